The highest BCUT2D eigenvalue weighted by Gasteiger charge is 2.11. The van der Waals surface area contributed by atoms with Crippen LogP contribution in [0.5, 0.6) is 5.88 Å². The van der Waals surface area contributed by atoms with Crippen LogP contribution in [0.3, 0.4) is 0 Å². The molecule has 1 aromatic heterocycles. The Morgan fingerprint density at radius 1 is 1.40 bits per heavy atom. The van der Waals surface area contributed by atoms with Gasteiger partial charge in [-0.25, -0.2) is 4.98 Å². The summed E-state index contributed by atoms with van der Waals surface area (Å²) in [4.78, 5) is 19.9. The van der Waals surface area contributed by atoms with Crippen LogP contribution in [0.2, 0.25) is 5.15 Å². The zero-order chi connectivity index (χ0) is 14.7. The number of hydrogen-bond acceptors (Lipinski definition) is 5. The number of anilines is 2. The molecule has 0 saturated carbocycles. The zero-order valence-corrected chi connectivity index (χ0v) is 12.7. The van der Waals surface area contributed by atoms with Crippen LogP contribution in [-0.2, 0) is 0 Å². The highest BCUT2D eigenvalue weighted by atomic mass is 79.9. The summed E-state index contributed by atoms with van der Waals surface area (Å²) in [6.45, 7) is 0. The summed E-state index contributed by atoms with van der Waals surface area (Å²) < 4.78 is 5.58. The summed E-state index contributed by atoms with van der Waals surface area (Å²) in [5, 5.41) is 2.71. The van der Waals surface area contributed by atoms with Gasteiger partial charge in [-0.15, -0.1) is 0 Å². The van der Waals surface area contributed by atoms with Crippen molar-refractivity contribution in [2.24, 2.45) is 0 Å². The molecule has 20 heavy (non-hydrogen) atoms. The number of rotatable bonds is 3. The Labute approximate surface area is 128 Å². The van der Waals surface area contributed by atoms with Gasteiger partial charge in [-0.1, -0.05) is 11.6 Å². The van der Waals surface area contributed by atoms with Crippen LogP contribution >= 0.6 is 27.5 Å². The topological polar surface area (TPSA) is 90.1 Å². The molecule has 0 fully saturated rings. The maximum absolute atomic E-state index is 12.1. The van der Waals surface area contributed by atoms with E-state index in [0.29, 0.717) is 15.7 Å². The number of amides is 1. The quantitative estimate of drug-likeness (QED) is 0.651. The second kappa shape index (κ2) is 6.06. The lowest BCUT2D eigenvalue weighted by atomic mass is 10.2. The van der Waals surface area contributed by atoms with E-state index >= 15 is 0 Å². The first-order valence-electron chi connectivity index (χ1n) is 5.44. The number of hydrogen-bond donors (Lipinski definition) is 2. The lowest BCUT2D eigenvalue weighted by Gasteiger charge is -2.07. The van der Waals surface area contributed by atoms with E-state index in [1.165, 1.54) is 13.2 Å². The second-order valence-electron chi connectivity index (χ2n) is 3.75. The molecule has 0 bridgehead atoms. The van der Waals surface area contributed by atoms with E-state index in [2.05, 4.69) is 31.2 Å². The maximum Gasteiger partial charge on any atom is 0.258 e. The van der Waals surface area contributed by atoms with Crippen molar-refractivity contribution in [1.82, 2.24) is 9.97 Å². The Bertz CT molecular complexity index is 666. The number of nitrogen functional groups attached to an aromatic ring is 1. The third-order valence-electron chi connectivity index (χ3n) is 2.37. The van der Waals surface area contributed by atoms with Gasteiger partial charge in [0.25, 0.3) is 5.91 Å². The van der Waals surface area contributed by atoms with Crippen molar-refractivity contribution in [2.45, 2.75) is 0 Å². The van der Waals surface area contributed by atoms with Gasteiger partial charge < -0.3 is 10.5 Å². The summed E-state index contributed by atoms with van der Waals surface area (Å²) in [7, 11) is 1.45. The van der Waals surface area contributed by atoms with Crippen LogP contribution in [0.25, 0.3) is 0 Å². The van der Waals surface area contributed by atoms with E-state index < -0.39 is 0 Å². The summed E-state index contributed by atoms with van der Waals surface area (Å²) >= 11 is 9.05. The molecule has 1 aromatic carbocycles. The number of carbonyl (C=O) groups is 1. The molecule has 0 spiro atoms. The molecular formula is C12H10BrClN4O2. The molecule has 0 aliphatic rings. The van der Waals surface area contributed by atoms with Gasteiger partial charge >= 0.3 is 0 Å². The predicted molar refractivity (Wildman–Crippen MR) is 80.1 cm³/mol. The molecular weight excluding hydrogens is 348 g/mol. The van der Waals surface area contributed by atoms with Crippen molar-refractivity contribution in [3.63, 3.8) is 0 Å². The Morgan fingerprint density at radius 3 is 2.80 bits per heavy atom. The average Bonchev–Trinajstić information content (AvgIpc) is 2.41. The van der Waals surface area contributed by atoms with Crippen LogP contribution in [-0.4, -0.2) is 23.0 Å². The molecule has 104 valence electrons. The van der Waals surface area contributed by atoms with E-state index in [4.69, 9.17) is 22.1 Å². The van der Waals surface area contributed by atoms with Gasteiger partial charge in [0.2, 0.25) is 11.8 Å². The Hall–Kier alpha value is -1.86. The van der Waals surface area contributed by atoms with Gasteiger partial charge in [0.15, 0.2) is 0 Å². The summed E-state index contributed by atoms with van der Waals surface area (Å²) in [6, 6.07) is 6.26. The highest BCUT2D eigenvalue weighted by Crippen LogP contribution is 2.21. The fourth-order valence-electron chi connectivity index (χ4n) is 1.40. The van der Waals surface area contributed by atoms with Gasteiger partial charge in [0, 0.05) is 21.8 Å². The number of carbonyl (C=O) groups excluding carboxylic acids is 1. The van der Waals surface area contributed by atoms with E-state index in [1.54, 1.807) is 18.2 Å². The molecule has 0 atom stereocenters. The normalized spacial score (nSPS) is 10.2. The predicted octanol–water partition coefficient (Wildman–Crippen LogP) is 2.74. The largest absolute Gasteiger partial charge is 0.481 e. The van der Waals surface area contributed by atoms with Crippen LogP contribution in [0.1, 0.15) is 10.4 Å². The molecule has 1 amide bonds. The lowest BCUT2D eigenvalue weighted by Crippen LogP contribution is -2.14. The Morgan fingerprint density at radius 2 is 2.15 bits per heavy atom. The van der Waals surface area contributed by atoms with Gasteiger partial charge in [-0.3, -0.25) is 10.1 Å². The second-order valence-corrected chi connectivity index (χ2v) is 4.99. The standard InChI is InChI=1S/C12H10BrClN4O2/c1-20-10-5-9(14)16-12(17-10)18-11(19)6-2-3-8(15)7(13)4-6/h2-5H,15H2,1H3,(H,16,17,18,19). The van der Waals surface area contributed by atoms with Crippen molar-refractivity contribution < 1.29 is 9.53 Å². The van der Waals surface area contributed by atoms with Gasteiger partial charge in [0.1, 0.15) is 5.15 Å². The molecule has 0 unspecified atom stereocenters. The van der Waals surface area contributed by atoms with E-state index in [1.807, 2.05) is 0 Å². The van der Waals surface area contributed by atoms with Crippen molar-refractivity contribution >= 4 is 45.1 Å². The third-order valence-corrected chi connectivity index (χ3v) is 3.25. The first-order chi connectivity index (χ1) is 9.49. The number of nitrogens with one attached hydrogen (secondary N) is 1. The first-order valence-corrected chi connectivity index (χ1v) is 6.61. The molecule has 6 nitrogen and oxygen atoms in total. The smallest absolute Gasteiger partial charge is 0.258 e. The van der Waals surface area contributed by atoms with Crippen molar-refractivity contribution in [3.05, 3.63) is 39.5 Å². The van der Waals surface area contributed by atoms with Crippen LogP contribution in [0.15, 0.2) is 28.7 Å². The number of nitrogens with two attached hydrogens (primary N) is 1. The lowest BCUT2D eigenvalue weighted by molar-refractivity contribution is 0.102. The van der Waals surface area contributed by atoms with Gasteiger partial charge in [0.05, 0.1) is 7.11 Å². The monoisotopic (exact) mass is 356 g/mol. The van der Waals surface area contributed by atoms with E-state index in [0.717, 1.165) is 0 Å². The van der Waals surface area contributed by atoms with E-state index in [-0.39, 0.29) is 22.9 Å². The molecule has 0 aliphatic carbocycles. The molecule has 0 saturated heterocycles. The van der Waals surface area contributed by atoms with Crippen LogP contribution < -0.4 is 15.8 Å². The van der Waals surface area contributed by atoms with E-state index in [9.17, 15) is 4.79 Å². The summed E-state index contributed by atoms with van der Waals surface area (Å²) in [5.74, 6) is -0.0545. The number of benzene rings is 1. The maximum atomic E-state index is 12.1. The van der Waals surface area contributed by atoms with Crippen LogP contribution in [0.4, 0.5) is 11.6 Å². The Kier molecular flexibility index (Phi) is 4.41. The molecule has 3 N–H and O–H groups in total. The van der Waals surface area contributed by atoms with Crippen LogP contribution in [0, 0.1) is 0 Å². The van der Waals surface area contributed by atoms with Crippen molar-refractivity contribution in [1.29, 1.82) is 0 Å². The number of aromatic nitrogens is 2. The van der Waals surface area contributed by atoms with Crippen molar-refractivity contribution in [3.8, 4) is 5.88 Å². The molecule has 0 aliphatic heterocycles. The van der Waals surface area contributed by atoms with Gasteiger partial charge in [-0.05, 0) is 34.1 Å². The molecule has 8 heteroatoms. The SMILES string of the molecule is COc1cc(Cl)nc(NC(=O)c2ccc(N)c(Br)c2)n1. The van der Waals surface area contributed by atoms with Gasteiger partial charge in [-0.2, -0.15) is 4.98 Å². The summed E-state index contributed by atoms with van der Waals surface area (Å²) in [6.07, 6.45) is 0. The zero-order valence-electron chi connectivity index (χ0n) is 10.4. The number of nitrogens with zero attached hydrogens (tertiary/aromatic N) is 2. The Balaban J connectivity index is 2.23. The number of methoxy groups -OCH3 is 1. The fraction of sp³-hybridized carbons (Fsp3) is 0.0833. The number of halogens is 2. The fourth-order valence-corrected chi connectivity index (χ4v) is 1.95. The highest BCUT2D eigenvalue weighted by molar-refractivity contribution is 9.10. The molecule has 1 heterocycles. The minimum absolute atomic E-state index is 0.0623. The minimum Gasteiger partial charge on any atom is -0.481 e. The average molecular weight is 358 g/mol. The number of ether oxygens (including phenoxy) is 1. The first kappa shape index (κ1) is 14.5. The summed E-state index contributed by atoms with van der Waals surface area (Å²) in [5.41, 5.74) is 6.62. The minimum atomic E-state index is -0.380. The molecule has 2 aromatic rings. The molecule has 0 radical (unpaired) electrons. The molecule has 2 rings (SSSR count). The third kappa shape index (κ3) is 3.37. The van der Waals surface area contributed by atoms with Crippen molar-refractivity contribution in [2.75, 3.05) is 18.2 Å².